The third-order valence-electron chi connectivity index (χ3n) is 5.12. The Balaban J connectivity index is 1.60. The van der Waals surface area contributed by atoms with E-state index in [2.05, 4.69) is 0 Å². The maximum absolute atomic E-state index is 13.9. The lowest BCUT2D eigenvalue weighted by atomic mass is 9.83. The highest BCUT2D eigenvalue weighted by Gasteiger charge is 2.44. The highest BCUT2D eigenvalue weighted by atomic mass is 19.1. The van der Waals surface area contributed by atoms with Gasteiger partial charge in [-0.05, 0) is 57.7 Å². The molecule has 1 aromatic carbocycles. The Bertz CT molecular complexity index is 728. The summed E-state index contributed by atoms with van der Waals surface area (Å²) in [6.07, 6.45) is 2.03. The number of ether oxygens (including phenoxy) is 2. The van der Waals surface area contributed by atoms with Crippen molar-refractivity contribution in [3.63, 3.8) is 0 Å². The third-order valence-corrected chi connectivity index (χ3v) is 5.12. The van der Waals surface area contributed by atoms with E-state index >= 15 is 0 Å². The van der Waals surface area contributed by atoms with E-state index in [4.69, 9.17) is 14.7 Å². The number of benzene rings is 1. The van der Waals surface area contributed by atoms with Gasteiger partial charge in [0, 0.05) is 19.0 Å². The summed E-state index contributed by atoms with van der Waals surface area (Å²) in [7, 11) is 0. The Morgan fingerprint density at radius 2 is 2.08 bits per heavy atom. The molecule has 2 saturated heterocycles. The van der Waals surface area contributed by atoms with Crippen molar-refractivity contribution in [3.05, 3.63) is 35.1 Å². The minimum absolute atomic E-state index is 0.0630. The Labute approximate surface area is 153 Å². The van der Waals surface area contributed by atoms with Crippen LogP contribution in [0.15, 0.2) is 18.2 Å². The van der Waals surface area contributed by atoms with E-state index in [1.807, 2.05) is 32.9 Å². The van der Waals surface area contributed by atoms with Gasteiger partial charge in [0.2, 0.25) is 0 Å². The van der Waals surface area contributed by atoms with Gasteiger partial charge in [0.05, 0.1) is 17.8 Å². The molecule has 1 spiro atoms. The number of hydrogen-bond acceptors (Lipinski definition) is 4. The Morgan fingerprint density at radius 3 is 2.65 bits per heavy atom. The minimum atomic E-state index is -0.499. The van der Waals surface area contributed by atoms with E-state index in [1.165, 1.54) is 12.1 Å². The van der Waals surface area contributed by atoms with Crippen molar-refractivity contribution in [3.8, 4) is 6.07 Å². The molecule has 1 atom stereocenters. The summed E-state index contributed by atoms with van der Waals surface area (Å²) < 4.78 is 25.4. The van der Waals surface area contributed by atoms with E-state index in [1.54, 1.807) is 4.90 Å². The van der Waals surface area contributed by atoms with Crippen LogP contribution in [0.25, 0.3) is 0 Å². The highest BCUT2D eigenvalue weighted by molar-refractivity contribution is 5.68. The van der Waals surface area contributed by atoms with E-state index in [9.17, 15) is 9.18 Å². The molecule has 0 aromatic heterocycles. The number of carbonyl (C=O) groups is 1. The second-order valence-corrected chi connectivity index (χ2v) is 8.21. The van der Waals surface area contributed by atoms with Crippen molar-refractivity contribution in [2.24, 2.45) is 0 Å². The van der Waals surface area contributed by atoms with Crippen LogP contribution in [0, 0.1) is 17.1 Å². The Kier molecular flexibility index (Phi) is 4.94. The lowest BCUT2D eigenvalue weighted by Crippen LogP contribution is -2.47. The first-order valence-electron chi connectivity index (χ1n) is 9.03. The molecule has 6 heteroatoms. The first-order chi connectivity index (χ1) is 12.2. The fourth-order valence-corrected chi connectivity index (χ4v) is 3.71. The maximum atomic E-state index is 13.9. The summed E-state index contributed by atoms with van der Waals surface area (Å²) in [6, 6.07) is 6.63. The summed E-state index contributed by atoms with van der Waals surface area (Å²) in [6.45, 7) is 7.32. The molecule has 0 radical (unpaired) electrons. The number of carbonyl (C=O) groups excluding carboxylic acids is 1. The lowest BCUT2D eigenvalue weighted by Gasteiger charge is -2.39. The van der Waals surface area contributed by atoms with Gasteiger partial charge in [-0.2, -0.15) is 5.26 Å². The fraction of sp³-hybridized carbons (Fsp3) is 0.600. The van der Waals surface area contributed by atoms with Crippen LogP contribution in [0.4, 0.5) is 9.18 Å². The first kappa shape index (κ1) is 18.7. The monoisotopic (exact) mass is 360 g/mol. The number of amides is 1. The first-order valence-corrected chi connectivity index (χ1v) is 9.03. The highest BCUT2D eigenvalue weighted by Crippen LogP contribution is 2.43. The van der Waals surface area contributed by atoms with Crippen molar-refractivity contribution in [2.75, 3.05) is 19.7 Å². The second kappa shape index (κ2) is 6.88. The molecule has 1 aromatic rings. The summed E-state index contributed by atoms with van der Waals surface area (Å²) in [5, 5.41) is 8.86. The molecule has 2 fully saturated rings. The topological polar surface area (TPSA) is 62.6 Å². The van der Waals surface area contributed by atoms with Crippen LogP contribution in [0.2, 0.25) is 0 Å². The lowest BCUT2D eigenvalue weighted by molar-refractivity contribution is -0.0485. The molecule has 2 heterocycles. The van der Waals surface area contributed by atoms with Gasteiger partial charge in [0.15, 0.2) is 0 Å². The molecule has 0 saturated carbocycles. The summed E-state index contributed by atoms with van der Waals surface area (Å²) >= 11 is 0. The van der Waals surface area contributed by atoms with Gasteiger partial charge in [-0.3, -0.25) is 0 Å². The normalized spacial score (nSPS) is 22.3. The van der Waals surface area contributed by atoms with Crippen LogP contribution in [-0.4, -0.2) is 41.9 Å². The minimum Gasteiger partial charge on any atom is -0.444 e. The zero-order valence-electron chi connectivity index (χ0n) is 15.5. The molecule has 5 nitrogen and oxygen atoms in total. The van der Waals surface area contributed by atoms with Gasteiger partial charge in [-0.15, -0.1) is 0 Å². The van der Waals surface area contributed by atoms with Crippen molar-refractivity contribution in [1.82, 2.24) is 4.90 Å². The molecular formula is C20H25FN2O3. The van der Waals surface area contributed by atoms with E-state index in [-0.39, 0.29) is 23.2 Å². The zero-order chi connectivity index (χ0) is 18.9. The molecule has 2 aliphatic rings. The van der Waals surface area contributed by atoms with E-state index < -0.39 is 11.4 Å². The largest absolute Gasteiger partial charge is 0.444 e. The molecule has 140 valence electrons. The van der Waals surface area contributed by atoms with Crippen molar-refractivity contribution < 1.29 is 18.7 Å². The predicted molar refractivity (Wildman–Crippen MR) is 94.2 cm³/mol. The fourth-order valence-electron chi connectivity index (χ4n) is 3.71. The molecule has 0 aliphatic carbocycles. The molecule has 0 bridgehead atoms. The average molecular weight is 360 g/mol. The standard InChI is InChI=1S/C20H25FN2O3/c1-19(2,3)26-18(24)23-8-6-20(7-9-23)11-16(13-25-20)14-4-5-15(12-22)17(21)10-14/h4-5,10,16H,6-9,11,13H2,1-3H3. The van der Waals surface area contributed by atoms with Gasteiger partial charge < -0.3 is 14.4 Å². The number of hydrogen-bond donors (Lipinski definition) is 0. The molecule has 1 unspecified atom stereocenters. The SMILES string of the molecule is CC(C)(C)OC(=O)N1CCC2(CC1)CC(c1ccc(C#N)c(F)c1)CO2. The Hall–Kier alpha value is -2.13. The summed E-state index contributed by atoms with van der Waals surface area (Å²) in [4.78, 5) is 13.9. The quantitative estimate of drug-likeness (QED) is 0.760. The molecule has 2 aliphatic heterocycles. The predicted octanol–water partition coefficient (Wildman–Crippen LogP) is 3.97. The zero-order valence-corrected chi connectivity index (χ0v) is 15.5. The van der Waals surface area contributed by atoms with Crippen LogP contribution in [0.3, 0.4) is 0 Å². The van der Waals surface area contributed by atoms with Crippen LogP contribution in [-0.2, 0) is 9.47 Å². The summed E-state index contributed by atoms with van der Waals surface area (Å²) in [5.74, 6) is -0.365. The second-order valence-electron chi connectivity index (χ2n) is 8.21. The number of piperidine rings is 1. The molecule has 3 rings (SSSR count). The smallest absolute Gasteiger partial charge is 0.410 e. The van der Waals surface area contributed by atoms with Crippen molar-refractivity contribution >= 4 is 6.09 Å². The third kappa shape index (κ3) is 3.99. The van der Waals surface area contributed by atoms with Crippen LogP contribution in [0.1, 0.15) is 57.1 Å². The summed E-state index contributed by atoms with van der Waals surface area (Å²) in [5.41, 5.74) is 0.176. The molecule has 0 N–H and O–H groups in total. The van der Waals surface area contributed by atoms with Gasteiger partial charge in [0.25, 0.3) is 0 Å². The number of halogens is 1. The Morgan fingerprint density at radius 1 is 1.38 bits per heavy atom. The van der Waals surface area contributed by atoms with Crippen LogP contribution < -0.4 is 0 Å². The molecule has 26 heavy (non-hydrogen) atoms. The molecule has 1 amide bonds. The maximum Gasteiger partial charge on any atom is 0.410 e. The van der Waals surface area contributed by atoms with Crippen molar-refractivity contribution in [2.45, 2.75) is 57.2 Å². The van der Waals surface area contributed by atoms with Gasteiger partial charge in [-0.1, -0.05) is 6.07 Å². The van der Waals surface area contributed by atoms with Gasteiger partial charge in [0.1, 0.15) is 17.5 Å². The molecular weight excluding hydrogens is 335 g/mol. The van der Waals surface area contributed by atoms with Crippen LogP contribution >= 0.6 is 0 Å². The van der Waals surface area contributed by atoms with E-state index in [0.717, 1.165) is 24.8 Å². The number of rotatable bonds is 1. The number of likely N-dealkylation sites (tertiary alicyclic amines) is 1. The average Bonchev–Trinajstić information content (AvgIpc) is 2.97. The van der Waals surface area contributed by atoms with Crippen LogP contribution in [0.5, 0.6) is 0 Å². The van der Waals surface area contributed by atoms with Crippen molar-refractivity contribution in [1.29, 1.82) is 5.26 Å². The van der Waals surface area contributed by atoms with E-state index in [0.29, 0.717) is 19.7 Å². The number of nitrogens with zero attached hydrogens (tertiary/aromatic N) is 2. The number of nitriles is 1. The van der Waals surface area contributed by atoms with Gasteiger partial charge >= 0.3 is 6.09 Å². The van der Waals surface area contributed by atoms with Gasteiger partial charge in [-0.25, -0.2) is 9.18 Å².